The van der Waals surface area contributed by atoms with E-state index < -0.39 is 5.97 Å². The Morgan fingerprint density at radius 1 is 0.818 bits per heavy atom. The number of carbonyl (C=O) groups excluding carboxylic acids is 4. The van der Waals surface area contributed by atoms with E-state index in [0.717, 1.165) is 18.9 Å². The summed E-state index contributed by atoms with van der Waals surface area (Å²) in [6.07, 6.45) is 5.72. The van der Waals surface area contributed by atoms with Gasteiger partial charge in [-0.15, -0.1) is 0 Å². The highest BCUT2D eigenvalue weighted by Crippen LogP contribution is 1.90. The fourth-order valence-corrected chi connectivity index (χ4v) is 1.01. The standard InChI is InChI=1S/C7H10O2.C7H12O2.C5H8O3.C5H8O2/c1-4-5-9-7(8)6(2)3;1-3-5-6-9-7(8)4-2;1-2-5(7)8-4-3-6;1-4(2)5(6)7-3/h4H,1-2,5H2,3H3;4H,2-3,5-6H2,1H3;2,6H,1,3-4H2;1H2,2-3H3. The second-order valence-electron chi connectivity index (χ2n) is 5.76. The summed E-state index contributed by atoms with van der Waals surface area (Å²) in [6, 6.07) is 0. The van der Waals surface area contributed by atoms with Crippen molar-refractivity contribution in [1.29, 1.82) is 0 Å². The SMILES string of the molecule is C=C(C)C(=O)OC.C=CC(=O)OCCCC.C=CC(=O)OCCO.C=CCOC(=O)C(=C)C. The van der Waals surface area contributed by atoms with Gasteiger partial charge in [0.05, 0.1) is 20.3 Å². The molecular formula is C24H38O9. The van der Waals surface area contributed by atoms with Gasteiger partial charge in [-0.05, 0) is 20.3 Å². The second-order valence-corrected chi connectivity index (χ2v) is 5.76. The van der Waals surface area contributed by atoms with E-state index >= 15 is 0 Å². The zero-order valence-electron chi connectivity index (χ0n) is 20.2. The van der Waals surface area contributed by atoms with Gasteiger partial charge in [-0.2, -0.15) is 0 Å². The molecule has 0 fully saturated rings. The lowest BCUT2D eigenvalue weighted by Crippen LogP contribution is -2.04. The summed E-state index contributed by atoms with van der Waals surface area (Å²) in [5.41, 5.74) is 0.847. The minimum atomic E-state index is -0.501. The third-order valence-corrected chi connectivity index (χ3v) is 2.63. The Morgan fingerprint density at radius 2 is 1.27 bits per heavy atom. The smallest absolute Gasteiger partial charge is 0.333 e. The number of aliphatic hydroxyl groups is 1. The Morgan fingerprint density at radius 3 is 1.55 bits per heavy atom. The van der Waals surface area contributed by atoms with Crippen LogP contribution < -0.4 is 0 Å². The molecule has 0 unspecified atom stereocenters. The molecule has 33 heavy (non-hydrogen) atoms. The number of unbranched alkanes of at least 4 members (excludes halogenated alkanes) is 1. The van der Waals surface area contributed by atoms with Gasteiger partial charge in [-0.3, -0.25) is 0 Å². The summed E-state index contributed by atoms with van der Waals surface area (Å²) in [5.74, 6) is -1.54. The largest absolute Gasteiger partial charge is 0.466 e. The molecule has 0 aliphatic carbocycles. The molecule has 1 N–H and O–H groups in total. The zero-order valence-corrected chi connectivity index (χ0v) is 20.2. The van der Waals surface area contributed by atoms with Crippen LogP contribution in [0.3, 0.4) is 0 Å². The van der Waals surface area contributed by atoms with Crippen molar-refractivity contribution in [1.82, 2.24) is 0 Å². The average Bonchev–Trinajstić information content (AvgIpc) is 2.81. The van der Waals surface area contributed by atoms with Gasteiger partial charge >= 0.3 is 23.9 Å². The number of ether oxygens (including phenoxy) is 4. The number of hydrogen-bond donors (Lipinski definition) is 1. The molecule has 0 saturated carbocycles. The molecule has 9 heteroatoms. The fraction of sp³-hybridized carbons (Fsp3) is 0.417. The van der Waals surface area contributed by atoms with Crippen molar-refractivity contribution in [3.63, 3.8) is 0 Å². The van der Waals surface area contributed by atoms with Gasteiger partial charge in [0, 0.05) is 23.3 Å². The predicted molar refractivity (Wildman–Crippen MR) is 127 cm³/mol. The van der Waals surface area contributed by atoms with E-state index in [1.807, 2.05) is 6.92 Å². The van der Waals surface area contributed by atoms with Crippen molar-refractivity contribution in [3.05, 3.63) is 62.3 Å². The minimum absolute atomic E-state index is 0.0465. The Labute approximate surface area is 197 Å². The van der Waals surface area contributed by atoms with Crippen LogP contribution in [-0.4, -0.2) is 62.5 Å². The van der Waals surface area contributed by atoms with Gasteiger partial charge in [0.1, 0.15) is 13.2 Å². The lowest BCUT2D eigenvalue weighted by atomic mass is 10.4. The second kappa shape index (κ2) is 28.5. The summed E-state index contributed by atoms with van der Waals surface area (Å²) in [5, 5.41) is 8.10. The minimum Gasteiger partial charge on any atom is -0.466 e. The molecule has 0 radical (unpaired) electrons. The van der Waals surface area contributed by atoms with Crippen LogP contribution in [0.5, 0.6) is 0 Å². The highest BCUT2D eigenvalue weighted by molar-refractivity contribution is 5.87. The maximum absolute atomic E-state index is 10.5. The molecule has 0 aliphatic heterocycles. The molecule has 0 aromatic heterocycles. The Balaban J connectivity index is -0.000000171. The van der Waals surface area contributed by atoms with Crippen LogP contribution in [0.15, 0.2) is 62.3 Å². The van der Waals surface area contributed by atoms with Gasteiger partial charge in [-0.1, -0.05) is 52.3 Å². The molecule has 0 heterocycles. The summed E-state index contributed by atoms with van der Waals surface area (Å²) in [4.78, 5) is 41.2. The lowest BCUT2D eigenvalue weighted by Gasteiger charge is -1.97. The number of methoxy groups -OCH3 is 1. The molecule has 9 nitrogen and oxygen atoms in total. The molecule has 0 aromatic carbocycles. The van der Waals surface area contributed by atoms with Crippen molar-refractivity contribution in [3.8, 4) is 0 Å². The quantitative estimate of drug-likeness (QED) is 0.159. The Bertz CT molecular complexity index is 634. The number of hydrogen-bond acceptors (Lipinski definition) is 9. The molecule has 188 valence electrons. The van der Waals surface area contributed by atoms with Gasteiger partial charge in [0.25, 0.3) is 0 Å². The van der Waals surface area contributed by atoms with Crippen molar-refractivity contribution < 1.29 is 43.2 Å². The summed E-state index contributed by atoms with van der Waals surface area (Å²) < 4.78 is 17.9. The zero-order chi connectivity index (χ0) is 26.7. The van der Waals surface area contributed by atoms with E-state index in [1.165, 1.54) is 19.3 Å². The van der Waals surface area contributed by atoms with Crippen LogP contribution >= 0.6 is 0 Å². The van der Waals surface area contributed by atoms with E-state index in [4.69, 9.17) is 5.11 Å². The average molecular weight is 471 g/mol. The lowest BCUT2D eigenvalue weighted by molar-refractivity contribution is -0.139. The van der Waals surface area contributed by atoms with Crippen LogP contribution in [0.2, 0.25) is 0 Å². The van der Waals surface area contributed by atoms with Crippen molar-refractivity contribution >= 4 is 23.9 Å². The van der Waals surface area contributed by atoms with Crippen LogP contribution in [0.4, 0.5) is 0 Å². The number of rotatable bonds is 11. The summed E-state index contributed by atoms with van der Waals surface area (Å²) in [6.45, 7) is 22.5. The summed E-state index contributed by atoms with van der Waals surface area (Å²) >= 11 is 0. The molecule has 0 amide bonds. The van der Waals surface area contributed by atoms with Crippen molar-refractivity contribution in [2.45, 2.75) is 33.6 Å². The molecule has 0 aromatic rings. The van der Waals surface area contributed by atoms with Crippen LogP contribution in [0, 0.1) is 0 Å². The third-order valence-electron chi connectivity index (χ3n) is 2.63. The van der Waals surface area contributed by atoms with Gasteiger partial charge in [0.15, 0.2) is 0 Å². The van der Waals surface area contributed by atoms with Crippen LogP contribution in [0.1, 0.15) is 33.6 Å². The highest BCUT2D eigenvalue weighted by Gasteiger charge is 1.99. The van der Waals surface area contributed by atoms with Gasteiger partial charge in [-0.25, -0.2) is 19.2 Å². The number of esters is 4. The fourth-order valence-electron chi connectivity index (χ4n) is 1.01. The first-order chi connectivity index (χ1) is 15.5. The van der Waals surface area contributed by atoms with E-state index in [0.29, 0.717) is 17.8 Å². The third kappa shape index (κ3) is 36.3. The van der Waals surface area contributed by atoms with E-state index in [2.05, 4.69) is 51.8 Å². The molecule has 0 atom stereocenters. The molecule has 0 spiro atoms. The molecular weight excluding hydrogens is 432 g/mol. The van der Waals surface area contributed by atoms with E-state index in [9.17, 15) is 19.2 Å². The first-order valence-electron chi connectivity index (χ1n) is 9.85. The normalized spacial score (nSPS) is 8.15. The molecule has 0 bridgehead atoms. The van der Waals surface area contributed by atoms with Crippen molar-refractivity contribution in [2.24, 2.45) is 0 Å². The first kappa shape index (κ1) is 36.9. The summed E-state index contributed by atoms with van der Waals surface area (Å²) in [7, 11) is 1.33. The predicted octanol–water partition coefficient (Wildman–Crippen LogP) is 3.25. The Hall–Kier alpha value is -3.46. The maximum Gasteiger partial charge on any atom is 0.333 e. The molecule has 0 saturated heterocycles. The number of carbonyl (C=O) groups is 4. The number of aliphatic hydroxyl groups excluding tert-OH is 1. The van der Waals surface area contributed by atoms with Crippen LogP contribution in [-0.2, 0) is 38.1 Å². The molecule has 0 aliphatic rings. The maximum atomic E-state index is 10.5. The van der Waals surface area contributed by atoms with Gasteiger partial charge in [0.2, 0.25) is 0 Å². The van der Waals surface area contributed by atoms with Gasteiger partial charge < -0.3 is 24.1 Å². The van der Waals surface area contributed by atoms with E-state index in [1.54, 1.807) is 13.8 Å². The molecule has 0 rings (SSSR count). The monoisotopic (exact) mass is 470 g/mol. The first-order valence-corrected chi connectivity index (χ1v) is 9.85. The van der Waals surface area contributed by atoms with Crippen molar-refractivity contribution in [2.75, 3.05) is 33.5 Å². The highest BCUT2D eigenvalue weighted by atomic mass is 16.5. The Kier molecular flexibility index (Phi) is 31.9. The van der Waals surface area contributed by atoms with Crippen LogP contribution in [0.25, 0.3) is 0 Å². The topological polar surface area (TPSA) is 125 Å². The van der Waals surface area contributed by atoms with E-state index in [-0.39, 0.29) is 37.7 Å².